The molecule has 0 fully saturated rings. The van der Waals surface area contributed by atoms with Crippen LogP contribution in [0, 0.1) is 0 Å². The summed E-state index contributed by atoms with van der Waals surface area (Å²) in [7, 11) is 1.53. The number of hydrogen-bond acceptors (Lipinski definition) is 4. The van der Waals surface area contributed by atoms with E-state index in [1.807, 2.05) is 24.3 Å². The van der Waals surface area contributed by atoms with Crippen LogP contribution < -0.4 is 15.4 Å². The second-order valence-corrected chi connectivity index (χ2v) is 6.85. The Balaban J connectivity index is 2.01. The molecule has 0 atom stereocenters. The van der Waals surface area contributed by atoms with Crippen LogP contribution in [0.4, 0.5) is 11.4 Å². The zero-order chi connectivity index (χ0) is 17.5. The molecule has 7 heteroatoms. The molecule has 2 amide bonds. The molecule has 2 aromatic carbocycles. The minimum atomic E-state index is -0.178. The Hall–Kier alpha value is -1.99. The molecule has 0 saturated heterocycles. The van der Waals surface area contributed by atoms with Gasteiger partial charge in [-0.3, -0.25) is 9.59 Å². The fraction of sp³-hybridized carbons (Fsp3) is 0.176. The molecule has 24 heavy (non-hydrogen) atoms. The molecule has 0 radical (unpaired) electrons. The summed E-state index contributed by atoms with van der Waals surface area (Å²) in [6.45, 7) is 1.43. The maximum atomic E-state index is 12.2. The number of carbonyl (C=O) groups excluding carboxylic acids is 2. The number of anilines is 2. The summed E-state index contributed by atoms with van der Waals surface area (Å²) in [5.74, 6) is 0.477. The lowest BCUT2D eigenvalue weighted by Crippen LogP contribution is -2.15. The van der Waals surface area contributed by atoms with E-state index in [9.17, 15) is 9.59 Å². The molecule has 2 aromatic rings. The molecule has 0 aliphatic rings. The summed E-state index contributed by atoms with van der Waals surface area (Å²) < 4.78 is 6.24. The van der Waals surface area contributed by atoms with Gasteiger partial charge in [-0.25, -0.2) is 0 Å². The first-order valence-electron chi connectivity index (χ1n) is 7.12. The highest BCUT2D eigenvalue weighted by Crippen LogP contribution is 2.28. The molecule has 5 nitrogen and oxygen atoms in total. The summed E-state index contributed by atoms with van der Waals surface area (Å²) in [4.78, 5) is 24.3. The van der Waals surface area contributed by atoms with Crippen molar-refractivity contribution in [3.05, 3.63) is 46.9 Å². The molecule has 0 aliphatic heterocycles. The molecule has 2 rings (SSSR count). The second-order valence-electron chi connectivity index (χ2n) is 4.89. The van der Waals surface area contributed by atoms with E-state index < -0.39 is 0 Å². The van der Waals surface area contributed by atoms with Gasteiger partial charge in [0, 0.05) is 22.0 Å². The van der Waals surface area contributed by atoms with E-state index in [2.05, 4.69) is 26.6 Å². The normalized spacial score (nSPS) is 10.1. The summed E-state index contributed by atoms with van der Waals surface area (Å²) >= 11 is 4.82. The van der Waals surface area contributed by atoms with Crippen LogP contribution in [-0.2, 0) is 9.59 Å². The number of amides is 2. The van der Waals surface area contributed by atoms with Crippen molar-refractivity contribution in [2.45, 2.75) is 11.8 Å². The van der Waals surface area contributed by atoms with Crippen molar-refractivity contribution in [1.82, 2.24) is 0 Å². The number of thioether (sulfide) groups is 1. The SMILES string of the molecule is COc1ccc(NC(C)=O)cc1NC(=O)CSc1ccc(Br)cc1. The van der Waals surface area contributed by atoms with Gasteiger partial charge in [-0.15, -0.1) is 11.8 Å². The Morgan fingerprint density at radius 2 is 1.83 bits per heavy atom. The number of carbonyl (C=O) groups is 2. The third-order valence-electron chi connectivity index (χ3n) is 2.98. The molecule has 126 valence electrons. The highest BCUT2D eigenvalue weighted by Gasteiger charge is 2.10. The van der Waals surface area contributed by atoms with Crippen LogP contribution in [0.3, 0.4) is 0 Å². The number of benzene rings is 2. The number of halogens is 1. The van der Waals surface area contributed by atoms with Crippen LogP contribution >= 0.6 is 27.7 Å². The van der Waals surface area contributed by atoms with Crippen molar-refractivity contribution in [3.8, 4) is 5.75 Å². The van der Waals surface area contributed by atoms with Crippen LogP contribution in [0.2, 0.25) is 0 Å². The van der Waals surface area contributed by atoms with Gasteiger partial charge in [0.15, 0.2) is 0 Å². The second kappa shape index (κ2) is 8.75. The number of ether oxygens (including phenoxy) is 1. The Kier molecular flexibility index (Phi) is 6.69. The summed E-state index contributed by atoms with van der Waals surface area (Å²) in [5.41, 5.74) is 1.12. The third kappa shape index (κ3) is 5.58. The van der Waals surface area contributed by atoms with E-state index in [0.29, 0.717) is 17.1 Å². The minimum Gasteiger partial charge on any atom is -0.495 e. The molecule has 0 aromatic heterocycles. The first kappa shape index (κ1) is 18.4. The smallest absolute Gasteiger partial charge is 0.234 e. The highest BCUT2D eigenvalue weighted by molar-refractivity contribution is 9.10. The van der Waals surface area contributed by atoms with Crippen molar-refractivity contribution in [2.75, 3.05) is 23.5 Å². The standard InChI is InChI=1S/C17H17BrN2O3S/c1-11(21)19-13-5-8-16(23-2)15(9-13)20-17(22)10-24-14-6-3-12(18)4-7-14/h3-9H,10H2,1-2H3,(H,19,21)(H,20,22). The zero-order valence-corrected chi connectivity index (χ0v) is 15.7. The lowest BCUT2D eigenvalue weighted by atomic mass is 10.2. The van der Waals surface area contributed by atoms with Gasteiger partial charge in [-0.2, -0.15) is 0 Å². The maximum absolute atomic E-state index is 12.2. The van der Waals surface area contributed by atoms with E-state index >= 15 is 0 Å². The van der Waals surface area contributed by atoms with Crippen molar-refractivity contribution in [3.63, 3.8) is 0 Å². The van der Waals surface area contributed by atoms with Crippen molar-refractivity contribution < 1.29 is 14.3 Å². The zero-order valence-electron chi connectivity index (χ0n) is 13.3. The molecule has 0 aliphatic carbocycles. The van der Waals surface area contributed by atoms with Crippen LogP contribution in [-0.4, -0.2) is 24.7 Å². The van der Waals surface area contributed by atoms with E-state index in [0.717, 1.165) is 9.37 Å². The lowest BCUT2D eigenvalue weighted by molar-refractivity contribution is -0.114. The quantitative estimate of drug-likeness (QED) is 0.704. The van der Waals surface area contributed by atoms with Gasteiger partial charge in [0.05, 0.1) is 18.6 Å². The van der Waals surface area contributed by atoms with Crippen LogP contribution in [0.25, 0.3) is 0 Å². The summed E-state index contributed by atoms with van der Waals surface area (Å²) in [6.07, 6.45) is 0. The van der Waals surface area contributed by atoms with Crippen molar-refractivity contribution in [1.29, 1.82) is 0 Å². The lowest BCUT2D eigenvalue weighted by Gasteiger charge is -2.12. The predicted molar refractivity (Wildman–Crippen MR) is 101 cm³/mol. The number of nitrogens with one attached hydrogen (secondary N) is 2. The Morgan fingerprint density at radius 3 is 2.46 bits per heavy atom. The first-order valence-corrected chi connectivity index (χ1v) is 8.89. The molecule has 0 saturated carbocycles. The Morgan fingerprint density at radius 1 is 1.12 bits per heavy atom. The maximum Gasteiger partial charge on any atom is 0.234 e. The van der Waals surface area contributed by atoms with Gasteiger partial charge in [0.25, 0.3) is 0 Å². The average Bonchev–Trinajstić information content (AvgIpc) is 2.54. The molecule has 0 unspecified atom stereocenters. The highest BCUT2D eigenvalue weighted by atomic mass is 79.9. The van der Waals surface area contributed by atoms with E-state index in [-0.39, 0.29) is 17.6 Å². The van der Waals surface area contributed by atoms with Crippen LogP contribution in [0.5, 0.6) is 5.75 Å². The topological polar surface area (TPSA) is 67.4 Å². The fourth-order valence-corrected chi connectivity index (χ4v) is 2.92. The average molecular weight is 409 g/mol. The van der Waals surface area contributed by atoms with E-state index in [1.54, 1.807) is 18.2 Å². The predicted octanol–water partition coefficient (Wildman–Crippen LogP) is 4.15. The van der Waals surface area contributed by atoms with Gasteiger partial charge in [0.1, 0.15) is 5.75 Å². The van der Waals surface area contributed by atoms with Crippen molar-refractivity contribution >= 4 is 50.9 Å². The molecule has 2 N–H and O–H groups in total. The van der Waals surface area contributed by atoms with E-state index in [4.69, 9.17) is 4.74 Å². The van der Waals surface area contributed by atoms with E-state index in [1.165, 1.54) is 25.8 Å². The molecular weight excluding hydrogens is 392 g/mol. The van der Waals surface area contributed by atoms with Gasteiger partial charge in [0.2, 0.25) is 11.8 Å². The molecule has 0 heterocycles. The van der Waals surface area contributed by atoms with Crippen LogP contribution in [0.15, 0.2) is 51.8 Å². The monoisotopic (exact) mass is 408 g/mol. The number of rotatable bonds is 6. The molecule has 0 spiro atoms. The number of hydrogen-bond donors (Lipinski definition) is 2. The minimum absolute atomic E-state index is 0.152. The first-order chi connectivity index (χ1) is 11.5. The van der Waals surface area contributed by atoms with Gasteiger partial charge in [-0.1, -0.05) is 15.9 Å². The Labute approximate surface area is 153 Å². The van der Waals surface area contributed by atoms with Gasteiger partial charge < -0.3 is 15.4 Å². The Bertz CT molecular complexity index is 735. The largest absolute Gasteiger partial charge is 0.495 e. The third-order valence-corrected chi connectivity index (χ3v) is 4.52. The van der Waals surface area contributed by atoms with Gasteiger partial charge >= 0.3 is 0 Å². The number of methoxy groups -OCH3 is 1. The fourth-order valence-electron chi connectivity index (χ4n) is 1.95. The van der Waals surface area contributed by atoms with Crippen LogP contribution in [0.1, 0.15) is 6.92 Å². The molecular formula is C17H17BrN2O3S. The summed E-state index contributed by atoms with van der Waals surface area (Å²) in [5, 5.41) is 5.49. The van der Waals surface area contributed by atoms with Crippen molar-refractivity contribution in [2.24, 2.45) is 0 Å². The summed E-state index contributed by atoms with van der Waals surface area (Å²) in [6, 6.07) is 12.8. The van der Waals surface area contributed by atoms with Gasteiger partial charge in [-0.05, 0) is 42.5 Å². The molecule has 0 bridgehead atoms.